The number of nitrogens with two attached hydrogens (primary N) is 1. The molecule has 2 rings (SSSR count). The number of hydrogen-bond acceptors (Lipinski definition) is 4. The van der Waals surface area contributed by atoms with Gasteiger partial charge < -0.3 is 10.3 Å². The molecule has 0 radical (unpaired) electrons. The van der Waals surface area contributed by atoms with Crippen molar-refractivity contribution in [3.05, 3.63) is 33.3 Å². The topological polar surface area (TPSA) is 64.9 Å². The summed E-state index contributed by atoms with van der Waals surface area (Å²) in [5.74, 6) is -0.130. The molecule has 16 heavy (non-hydrogen) atoms. The molecule has 4 nitrogen and oxygen atoms in total. The Kier molecular flexibility index (Phi) is 3.22. The second kappa shape index (κ2) is 4.48. The SMILES string of the molecule is NCc1nc(-c2c(F)ccc(Cl)c2Br)no1. The summed E-state index contributed by atoms with van der Waals surface area (Å²) in [7, 11) is 0. The minimum absolute atomic E-state index is 0.104. The maximum absolute atomic E-state index is 13.6. The van der Waals surface area contributed by atoms with E-state index in [0.29, 0.717) is 9.50 Å². The third kappa shape index (κ3) is 1.95. The maximum atomic E-state index is 13.6. The lowest BCUT2D eigenvalue weighted by Gasteiger charge is -2.02. The summed E-state index contributed by atoms with van der Waals surface area (Å²) < 4.78 is 18.8. The van der Waals surface area contributed by atoms with E-state index in [-0.39, 0.29) is 23.8 Å². The van der Waals surface area contributed by atoms with Gasteiger partial charge in [0.25, 0.3) is 0 Å². The van der Waals surface area contributed by atoms with Crippen molar-refractivity contribution in [2.45, 2.75) is 6.54 Å². The van der Waals surface area contributed by atoms with Crippen LogP contribution in [-0.4, -0.2) is 10.1 Å². The average molecular weight is 307 g/mol. The van der Waals surface area contributed by atoms with Crippen molar-refractivity contribution >= 4 is 27.5 Å². The van der Waals surface area contributed by atoms with Crippen LogP contribution >= 0.6 is 27.5 Å². The van der Waals surface area contributed by atoms with Crippen LogP contribution in [0.2, 0.25) is 5.02 Å². The van der Waals surface area contributed by atoms with E-state index in [1.54, 1.807) is 0 Å². The molecular weight excluding hydrogens is 300 g/mol. The summed E-state index contributed by atoms with van der Waals surface area (Å²) in [5, 5.41) is 4.00. The first-order valence-corrected chi connectivity index (χ1v) is 5.47. The zero-order valence-electron chi connectivity index (χ0n) is 7.88. The van der Waals surface area contributed by atoms with Gasteiger partial charge in [-0.15, -0.1) is 0 Å². The van der Waals surface area contributed by atoms with Gasteiger partial charge in [0.05, 0.1) is 21.6 Å². The van der Waals surface area contributed by atoms with Crippen LogP contribution in [0.1, 0.15) is 5.89 Å². The maximum Gasteiger partial charge on any atom is 0.240 e. The highest BCUT2D eigenvalue weighted by Gasteiger charge is 2.17. The van der Waals surface area contributed by atoms with Crippen LogP contribution < -0.4 is 5.73 Å². The van der Waals surface area contributed by atoms with Gasteiger partial charge in [0.15, 0.2) is 0 Å². The second-order valence-corrected chi connectivity index (χ2v) is 4.13. The van der Waals surface area contributed by atoms with Crippen molar-refractivity contribution in [3.63, 3.8) is 0 Å². The molecule has 7 heteroatoms. The van der Waals surface area contributed by atoms with Crippen molar-refractivity contribution in [2.24, 2.45) is 5.73 Å². The number of aromatic nitrogens is 2. The van der Waals surface area contributed by atoms with Crippen molar-refractivity contribution in [3.8, 4) is 11.4 Å². The molecule has 0 aliphatic heterocycles. The summed E-state index contributed by atoms with van der Waals surface area (Å²) in [4.78, 5) is 3.93. The van der Waals surface area contributed by atoms with Gasteiger partial charge in [0.2, 0.25) is 11.7 Å². The molecule has 0 fully saturated rings. The van der Waals surface area contributed by atoms with Gasteiger partial charge in [-0.05, 0) is 28.1 Å². The minimum atomic E-state index is -0.486. The molecule has 0 aliphatic carbocycles. The first kappa shape index (κ1) is 11.5. The van der Waals surface area contributed by atoms with E-state index in [1.165, 1.54) is 12.1 Å². The smallest absolute Gasteiger partial charge is 0.240 e. The molecule has 0 saturated heterocycles. The van der Waals surface area contributed by atoms with E-state index < -0.39 is 5.82 Å². The van der Waals surface area contributed by atoms with Gasteiger partial charge in [-0.2, -0.15) is 4.98 Å². The number of halogens is 3. The lowest BCUT2D eigenvalue weighted by atomic mass is 10.2. The summed E-state index contributed by atoms with van der Waals surface area (Å²) in [6.45, 7) is 0.104. The summed E-state index contributed by atoms with van der Waals surface area (Å²) >= 11 is 9.03. The van der Waals surface area contributed by atoms with Gasteiger partial charge in [-0.3, -0.25) is 0 Å². The van der Waals surface area contributed by atoms with E-state index >= 15 is 0 Å². The van der Waals surface area contributed by atoms with Crippen LogP contribution in [0.3, 0.4) is 0 Å². The second-order valence-electron chi connectivity index (χ2n) is 2.93. The third-order valence-corrected chi connectivity index (χ3v) is 3.28. The molecule has 0 unspecified atom stereocenters. The number of hydrogen-bond donors (Lipinski definition) is 1. The molecule has 0 aliphatic rings. The average Bonchev–Trinajstić information content (AvgIpc) is 2.73. The molecule has 0 saturated carbocycles. The summed E-state index contributed by atoms with van der Waals surface area (Å²) in [5.41, 5.74) is 5.48. The third-order valence-electron chi connectivity index (χ3n) is 1.91. The quantitative estimate of drug-likeness (QED) is 0.867. The highest BCUT2D eigenvalue weighted by molar-refractivity contribution is 9.10. The van der Waals surface area contributed by atoms with E-state index in [1.807, 2.05) is 0 Å². The van der Waals surface area contributed by atoms with Crippen molar-refractivity contribution in [1.29, 1.82) is 0 Å². The van der Waals surface area contributed by atoms with Crippen LogP contribution in [-0.2, 0) is 6.54 Å². The van der Waals surface area contributed by atoms with Crippen molar-refractivity contribution in [2.75, 3.05) is 0 Å². The fourth-order valence-corrected chi connectivity index (χ4v) is 1.83. The normalized spacial score (nSPS) is 10.8. The van der Waals surface area contributed by atoms with Crippen LogP contribution in [0.15, 0.2) is 21.1 Å². The predicted octanol–water partition coefficient (Wildman–Crippen LogP) is 2.75. The van der Waals surface area contributed by atoms with Crippen LogP contribution in [0.5, 0.6) is 0 Å². The van der Waals surface area contributed by atoms with Gasteiger partial charge in [0, 0.05) is 0 Å². The number of nitrogens with zero attached hydrogens (tertiary/aromatic N) is 2. The van der Waals surface area contributed by atoms with Gasteiger partial charge in [0.1, 0.15) is 5.82 Å². The molecule has 2 aromatic rings. The monoisotopic (exact) mass is 305 g/mol. The van der Waals surface area contributed by atoms with E-state index in [0.717, 1.165) is 0 Å². The molecule has 0 spiro atoms. The Morgan fingerprint density at radius 3 is 2.88 bits per heavy atom. The molecule has 0 atom stereocenters. The zero-order valence-corrected chi connectivity index (χ0v) is 10.2. The van der Waals surface area contributed by atoms with Crippen molar-refractivity contribution in [1.82, 2.24) is 10.1 Å². The van der Waals surface area contributed by atoms with Crippen molar-refractivity contribution < 1.29 is 8.91 Å². The highest BCUT2D eigenvalue weighted by atomic mass is 79.9. The van der Waals surface area contributed by atoms with Crippen LogP contribution in [0, 0.1) is 5.82 Å². The molecule has 1 aromatic carbocycles. The first-order valence-electron chi connectivity index (χ1n) is 4.30. The van der Waals surface area contributed by atoms with Crippen LogP contribution in [0.25, 0.3) is 11.4 Å². The molecule has 0 amide bonds. The fourth-order valence-electron chi connectivity index (χ4n) is 1.17. The van der Waals surface area contributed by atoms with E-state index in [2.05, 4.69) is 26.1 Å². The Labute approximate surface area is 104 Å². The Hall–Kier alpha value is -0.980. The Morgan fingerprint density at radius 2 is 2.25 bits per heavy atom. The van der Waals surface area contributed by atoms with Gasteiger partial charge in [-0.25, -0.2) is 4.39 Å². The van der Waals surface area contributed by atoms with Gasteiger partial charge >= 0.3 is 0 Å². The molecule has 0 bridgehead atoms. The Morgan fingerprint density at radius 1 is 1.50 bits per heavy atom. The Balaban J connectivity index is 2.58. The lowest BCUT2D eigenvalue weighted by Crippen LogP contribution is -1.96. The number of benzene rings is 1. The first-order chi connectivity index (χ1) is 7.63. The molecular formula is C9H6BrClFN3O. The lowest BCUT2D eigenvalue weighted by molar-refractivity contribution is 0.380. The molecule has 1 aromatic heterocycles. The summed E-state index contributed by atoms with van der Waals surface area (Å²) in [6.07, 6.45) is 0. The minimum Gasteiger partial charge on any atom is -0.338 e. The Bertz CT molecular complexity index is 531. The standard InChI is InChI=1S/C9H6BrClFN3O/c10-8-4(11)1-2-5(12)7(8)9-14-6(3-13)16-15-9/h1-2H,3,13H2. The fraction of sp³-hybridized carbons (Fsp3) is 0.111. The largest absolute Gasteiger partial charge is 0.338 e. The molecule has 2 N–H and O–H groups in total. The van der Waals surface area contributed by atoms with E-state index in [4.69, 9.17) is 21.9 Å². The molecule has 84 valence electrons. The molecule has 1 heterocycles. The van der Waals surface area contributed by atoms with Crippen LogP contribution in [0.4, 0.5) is 4.39 Å². The highest BCUT2D eigenvalue weighted by Crippen LogP contribution is 2.34. The van der Waals surface area contributed by atoms with E-state index in [9.17, 15) is 4.39 Å². The summed E-state index contributed by atoms with van der Waals surface area (Å²) in [6, 6.07) is 2.68. The number of rotatable bonds is 2. The zero-order chi connectivity index (χ0) is 11.7. The van der Waals surface area contributed by atoms with Gasteiger partial charge in [-0.1, -0.05) is 16.8 Å². The predicted molar refractivity (Wildman–Crippen MR) is 60.3 cm³/mol.